The fraction of sp³-hybridized carbons (Fsp3) is 0.143. The molecule has 0 fully saturated rings. The average molecular weight is 223 g/mol. The molecule has 84 valence electrons. The van der Waals surface area contributed by atoms with Crippen LogP contribution >= 0.6 is 0 Å². The monoisotopic (exact) mass is 223 g/mol. The van der Waals surface area contributed by atoms with Crippen molar-refractivity contribution in [2.24, 2.45) is 0 Å². The molecule has 0 spiro atoms. The van der Waals surface area contributed by atoms with E-state index in [9.17, 15) is 0 Å². The van der Waals surface area contributed by atoms with E-state index in [4.69, 9.17) is 5.26 Å². The molecule has 0 N–H and O–H groups in total. The second-order valence-corrected chi connectivity index (χ2v) is 3.84. The second-order valence-electron chi connectivity index (χ2n) is 3.84. The van der Waals surface area contributed by atoms with Gasteiger partial charge in [0.15, 0.2) is 0 Å². The molecule has 1 aromatic carbocycles. The predicted octanol–water partition coefficient (Wildman–Crippen LogP) is 3.03. The number of pyridine rings is 1. The zero-order chi connectivity index (χ0) is 12.3. The van der Waals surface area contributed by atoms with Gasteiger partial charge in [-0.05, 0) is 31.2 Å². The van der Waals surface area contributed by atoms with Crippen LogP contribution in [0.2, 0.25) is 0 Å². The molecule has 0 atom stereocenters. The summed E-state index contributed by atoms with van der Waals surface area (Å²) in [6.45, 7) is 1.95. The minimum absolute atomic E-state index is 0.671. The Hall–Kier alpha value is -2.34. The van der Waals surface area contributed by atoms with Gasteiger partial charge in [-0.3, -0.25) is 4.98 Å². The van der Waals surface area contributed by atoms with Gasteiger partial charge in [-0.15, -0.1) is 0 Å². The van der Waals surface area contributed by atoms with Gasteiger partial charge < -0.3 is 4.90 Å². The van der Waals surface area contributed by atoms with Gasteiger partial charge in [0.1, 0.15) is 6.07 Å². The second kappa shape index (κ2) is 4.67. The molecule has 17 heavy (non-hydrogen) atoms. The third kappa shape index (κ3) is 2.26. The standard InChI is InChI=1S/C14H13N3/c1-11-9-13(7-8-16-11)17(2)14-6-4-3-5-12(14)10-15/h3-9H,1-2H3. The number of rotatable bonds is 2. The SMILES string of the molecule is Cc1cc(N(C)c2ccccc2C#N)ccn1. The molecule has 0 radical (unpaired) electrons. The van der Waals surface area contributed by atoms with Crippen molar-refractivity contribution in [3.05, 3.63) is 53.9 Å². The van der Waals surface area contributed by atoms with Crippen LogP contribution in [0.15, 0.2) is 42.6 Å². The largest absolute Gasteiger partial charge is 0.343 e. The fourth-order valence-corrected chi connectivity index (χ4v) is 1.74. The Morgan fingerprint density at radius 1 is 1.24 bits per heavy atom. The van der Waals surface area contributed by atoms with Gasteiger partial charge >= 0.3 is 0 Å². The number of benzene rings is 1. The van der Waals surface area contributed by atoms with Crippen LogP contribution in [0.4, 0.5) is 11.4 Å². The van der Waals surface area contributed by atoms with E-state index in [0.29, 0.717) is 5.56 Å². The highest BCUT2D eigenvalue weighted by atomic mass is 15.1. The third-order valence-corrected chi connectivity index (χ3v) is 2.65. The zero-order valence-corrected chi connectivity index (χ0v) is 9.88. The van der Waals surface area contributed by atoms with Crippen LogP contribution in [-0.2, 0) is 0 Å². The van der Waals surface area contributed by atoms with Crippen LogP contribution in [0.3, 0.4) is 0 Å². The number of anilines is 2. The van der Waals surface area contributed by atoms with Crippen molar-refractivity contribution >= 4 is 11.4 Å². The number of hydrogen-bond donors (Lipinski definition) is 0. The molecule has 0 saturated heterocycles. The lowest BCUT2D eigenvalue weighted by molar-refractivity contribution is 1.14. The summed E-state index contributed by atoms with van der Waals surface area (Å²) in [7, 11) is 1.95. The molecular weight excluding hydrogens is 210 g/mol. The number of aromatic nitrogens is 1. The van der Waals surface area contributed by atoms with Crippen LogP contribution in [0.25, 0.3) is 0 Å². The molecule has 0 aliphatic rings. The summed E-state index contributed by atoms with van der Waals surface area (Å²) < 4.78 is 0. The molecule has 0 amide bonds. The number of hydrogen-bond acceptors (Lipinski definition) is 3. The Bertz CT molecular complexity index is 570. The Morgan fingerprint density at radius 2 is 2.00 bits per heavy atom. The molecule has 0 bridgehead atoms. The van der Waals surface area contributed by atoms with E-state index in [1.54, 1.807) is 6.20 Å². The lowest BCUT2D eigenvalue weighted by atomic mass is 10.1. The first-order valence-electron chi connectivity index (χ1n) is 5.38. The quantitative estimate of drug-likeness (QED) is 0.785. The van der Waals surface area contributed by atoms with E-state index in [-0.39, 0.29) is 0 Å². The Kier molecular flexibility index (Phi) is 3.06. The summed E-state index contributed by atoms with van der Waals surface area (Å²) in [6, 6.07) is 13.7. The lowest BCUT2D eigenvalue weighted by Gasteiger charge is -2.20. The summed E-state index contributed by atoms with van der Waals surface area (Å²) in [5.41, 5.74) is 3.56. The van der Waals surface area contributed by atoms with E-state index in [1.165, 1.54) is 0 Å². The summed E-state index contributed by atoms with van der Waals surface area (Å²) in [5.74, 6) is 0. The van der Waals surface area contributed by atoms with Crippen molar-refractivity contribution in [3.8, 4) is 6.07 Å². The van der Waals surface area contributed by atoms with Crippen molar-refractivity contribution < 1.29 is 0 Å². The van der Waals surface area contributed by atoms with Crippen molar-refractivity contribution in [3.63, 3.8) is 0 Å². The van der Waals surface area contributed by atoms with Crippen molar-refractivity contribution in [2.45, 2.75) is 6.92 Å². The summed E-state index contributed by atoms with van der Waals surface area (Å²) in [6.07, 6.45) is 1.77. The lowest BCUT2D eigenvalue weighted by Crippen LogP contribution is -2.11. The topological polar surface area (TPSA) is 39.9 Å². The van der Waals surface area contributed by atoms with Crippen molar-refractivity contribution in [1.29, 1.82) is 5.26 Å². The highest BCUT2D eigenvalue weighted by molar-refractivity contribution is 5.68. The molecule has 0 aliphatic carbocycles. The van der Waals surface area contributed by atoms with Gasteiger partial charge in [-0.25, -0.2) is 0 Å². The molecule has 0 unspecified atom stereocenters. The molecule has 0 saturated carbocycles. The molecule has 2 aromatic rings. The summed E-state index contributed by atoms with van der Waals surface area (Å²) >= 11 is 0. The number of para-hydroxylation sites is 1. The molecule has 3 heteroatoms. The molecule has 3 nitrogen and oxygen atoms in total. The Labute approximate surface area is 101 Å². The zero-order valence-electron chi connectivity index (χ0n) is 9.88. The van der Waals surface area contributed by atoms with Crippen molar-refractivity contribution in [2.75, 3.05) is 11.9 Å². The highest BCUT2D eigenvalue weighted by Crippen LogP contribution is 2.26. The van der Waals surface area contributed by atoms with Crippen LogP contribution in [-0.4, -0.2) is 12.0 Å². The first-order valence-corrected chi connectivity index (χ1v) is 5.38. The molecular formula is C14H13N3. The maximum atomic E-state index is 9.08. The Balaban J connectivity index is 2.44. The maximum Gasteiger partial charge on any atom is 0.101 e. The van der Waals surface area contributed by atoms with Gasteiger partial charge in [0.25, 0.3) is 0 Å². The third-order valence-electron chi connectivity index (χ3n) is 2.65. The fourth-order valence-electron chi connectivity index (χ4n) is 1.74. The maximum absolute atomic E-state index is 9.08. The van der Waals surface area contributed by atoms with Gasteiger partial charge in [0, 0.05) is 24.6 Å². The minimum Gasteiger partial charge on any atom is -0.343 e. The number of nitriles is 1. The van der Waals surface area contributed by atoms with E-state index < -0.39 is 0 Å². The summed E-state index contributed by atoms with van der Waals surface area (Å²) in [5, 5.41) is 9.08. The molecule has 0 aliphatic heterocycles. The average Bonchev–Trinajstić information content (AvgIpc) is 2.38. The first kappa shape index (κ1) is 11.2. The van der Waals surface area contributed by atoms with Gasteiger partial charge in [-0.2, -0.15) is 5.26 Å². The number of aryl methyl sites for hydroxylation is 1. The molecule has 1 heterocycles. The normalized spacial score (nSPS) is 9.71. The van der Waals surface area contributed by atoms with E-state index in [1.807, 2.05) is 55.3 Å². The predicted molar refractivity (Wildman–Crippen MR) is 68.2 cm³/mol. The Morgan fingerprint density at radius 3 is 2.71 bits per heavy atom. The van der Waals surface area contributed by atoms with E-state index >= 15 is 0 Å². The summed E-state index contributed by atoms with van der Waals surface area (Å²) in [4.78, 5) is 6.16. The minimum atomic E-state index is 0.671. The smallest absolute Gasteiger partial charge is 0.101 e. The molecule has 1 aromatic heterocycles. The van der Waals surface area contributed by atoms with E-state index in [0.717, 1.165) is 17.1 Å². The van der Waals surface area contributed by atoms with Crippen molar-refractivity contribution in [1.82, 2.24) is 4.98 Å². The van der Waals surface area contributed by atoms with Crippen LogP contribution in [0.1, 0.15) is 11.3 Å². The van der Waals surface area contributed by atoms with Crippen LogP contribution in [0.5, 0.6) is 0 Å². The van der Waals surface area contributed by atoms with Gasteiger partial charge in [0.2, 0.25) is 0 Å². The highest BCUT2D eigenvalue weighted by Gasteiger charge is 2.08. The molecule has 2 rings (SSSR count). The van der Waals surface area contributed by atoms with Crippen LogP contribution in [0, 0.1) is 18.3 Å². The van der Waals surface area contributed by atoms with Gasteiger partial charge in [-0.1, -0.05) is 12.1 Å². The van der Waals surface area contributed by atoms with E-state index in [2.05, 4.69) is 11.1 Å². The van der Waals surface area contributed by atoms with Gasteiger partial charge in [0.05, 0.1) is 11.3 Å². The number of nitrogens with zero attached hydrogens (tertiary/aromatic N) is 3. The van der Waals surface area contributed by atoms with Crippen LogP contribution < -0.4 is 4.90 Å². The first-order chi connectivity index (χ1) is 8.22.